The number of benzene rings is 1. The average molecular weight is 279 g/mol. The molecule has 0 spiro atoms. The minimum Gasteiger partial charge on any atom is -0.478 e. The van der Waals surface area contributed by atoms with Crippen LogP contribution in [0.25, 0.3) is 0 Å². The van der Waals surface area contributed by atoms with Crippen molar-refractivity contribution in [3.8, 4) is 0 Å². The van der Waals surface area contributed by atoms with Gasteiger partial charge in [0.25, 0.3) is 0 Å². The molecule has 100 valence electrons. The second-order valence-electron chi connectivity index (χ2n) is 4.23. The number of halogens is 1. The predicted molar refractivity (Wildman–Crippen MR) is 72.9 cm³/mol. The minimum atomic E-state index is -1.05. The van der Waals surface area contributed by atoms with Crippen LogP contribution in [-0.4, -0.2) is 11.1 Å². The second-order valence-corrected chi connectivity index (χ2v) is 5.21. The SMILES string of the molecule is C[C@@H](NCc1cc(C(=O)O)ccc1F)c1cccs1. The number of hydrogen-bond acceptors (Lipinski definition) is 3. The fourth-order valence-corrected chi connectivity index (χ4v) is 2.50. The van der Waals surface area contributed by atoms with Crippen LogP contribution < -0.4 is 5.32 Å². The Morgan fingerprint density at radius 3 is 2.89 bits per heavy atom. The molecule has 0 bridgehead atoms. The van der Waals surface area contributed by atoms with Gasteiger partial charge in [0.1, 0.15) is 5.82 Å². The molecule has 5 heteroatoms. The Bertz CT molecular complexity index is 569. The number of hydrogen-bond donors (Lipinski definition) is 2. The largest absolute Gasteiger partial charge is 0.478 e. The molecule has 0 amide bonds. The second kappa shape index (κ2) is 5.95. The van der Waals surface area contributed by atoms with Crippen molar-refractivity contribution in [1.29, 1.82) is 0 Å². The van der Waals surface area contributed by atoms with Crippen molar-refractivity contribution < 1.29 is 14.3 Å². The molecular weight excluding hydrogens is 265 g/mol. The molecule has 0 saturated carbocycles. The summed E-state index contributed by atoms with van der Waals surface area (Å²) in [4.78, 5) is 12.0. The molecule has 0 aliphatic heterocycles. The molecule has 3 nitrogen and oxygen atoms in total. The van der Waals surface area contributed by atoms with Crippen LogP contribution in [0.15, 0.2) is 35.7 Å². The first kappa shape index (κ1) is 13.7. The molecule has 0 saturated heterocycles. The van der Waals surface area contributed by atoms with E-state index in [9.17, 15) is 9.18 Å². The van der Waals surface area contributed by atoms with E-state index in [0.717, 1.165) is 4.88 Å². The van der Waals surface area contributed by atoms with E-state index >= 15 is 0 Å². The monoisotopic (exact) mass is 279 g/mol. The number of carboxylic acids is 1. The predicted octanol–water partition coefficient (Wildman–Crippen LogP) is 3.44. The first-order valence-corrected chi connectivity index (χ1v) is 6.74. The van der Waals surface area contributed by atoms with Crippen LogP contribution in [0.4, 0.5) is 4.39 Å². The number of carboxylic acid groups (broad SMARTS) is 1. The number of rotatable bonds is 5. The van der Waals surface area contributed by atoms with Crippen molar-refractivity contribution in [1.82, 2.24) is 5.32 Å². The summed E-state index contributed by atoms with van der Waals surface area (Å²) in [6, 6.07) is 7.90. The Balaban J connectivity index is 2.06. The standard InChI is InChI=1S/C14H14FNO2S/c1-9(13-3-2-6-19-13)16-8-11-7-10(14(17)18)4-5-12(11)15/h2-7,9,16H,8H2,1H3,(H,17,18)/t9-/m1/s1. The molecule has 0 unspecified atom stereocenters. The van der Waals surface area contributed by atoms with Gasteiger partial charge in [0.15, 0.2) is 0 Å². The van der Waals surface area contributed by atoms with Gasteiger partial charge in [-0.3, -0.25) is 0 Å². The lowest BCUT2D eigenvalue weighted by molar-refractivity contribution is 0.0696. The molecule has 0 radical (unpaired) electrons. The summed E-state index contributed by atoms with van der Waals surface area (Å²) in [6.45, 7) is 2.29. The molecule has 1 aromatic carbocycles. The molecule has 0 aliphatic carbocycles. The van der Waals surface area contributed by atoms with Crippen LogP contribution in [0.5, 0.6) is 0 Å². The first-order chi connectivity index (χ1) is 9.08. The molecular formula is C14H14FNO2S. The van der Waals surface area contributed by atoms with Gasteiger partial charge in [0.2, 0.25) is 0 Å². The summed E-state index contributed by atoms with van der Waals surface area (Å²) in [6.07, 6.45) is 0. The molecule has 1 atom stereocenters. The zero-order valence-electron chi connectivity index (χ0n) is 10.4. The molecule has 19 heavy (non-hydrogen) atoms. The van der Waals surface area contributed by atoms with Gasteiger partial charge in [-0.1, -0.05) is 6.07 Å². The quantitative estimate of drug-likeness (QED) is 0.881. The van der Waals surface area contributed by atoms with Gasteiger partial charge in [0, 0.05) is 23.0 Å². The number of aromatic carboxylic acids is 1. The number of carbonyl (C=O) groups is 1. The average Bonchev–Trinajstić information content (AvgIpc) is 2.91. The highest BCUT2D eigenvalue weighted by atomic mass is 32.1. The Morgan fingerprint density at radius 1 is 1.47 bits per heavy atom. The zero-order valence-corrected chi connectivity index (χ0v) is 11.2. The van der Waals surface area contributed by atoms with Gasteiger partial charge in [-0.05, 0) is 36.6 Å². The van der Waals surface area contributed by atoms with Crippen LogP contribution in [-0.2, 0) is 6.54 Å². The summed E-state index contributed by atoms with van der Waals surface area (Å²) >= 11 is 1.63. The summed E-state index contributed by atoms with van der Waals surface area (Å²) in [5.41, 5.74) is 0.463. The molecule has 2 rings (SSSR count). The van der Waals surface area contributed by atoms with Gasteiger partial charge in [-0.2, -0.15) is 0 Å². The molecule has 2 N–H and O–H groups in total. The lowest BCUT2D eigenvalue weighted by atomic mass is 10.1. The van der Waals surface area contributed by atoms with Gasteiger partial charge in [-0.15, -0.1) is 11.3 Å². The van der Waals surface area contributed by atoms with E-state index in [2.05, 4.69) is 5.32 Å². The van der Waals surface area contributed by atoms with Crippen LogP contribution >= 0.6 is 11.3 Å². The fraction of sp³-hybridized carbons (Fsp3) is 0.214. The van der Waals surface area contributed by atoms with Crippen molar-refractivity contribution in [2.75, 3.05) is 0 Å². The van der Waals surface area contributed by atoms with E-state index in [4.69, 9.17) is 5.11 Å². The Kier molecular flexibility index (Phi) is 4.29. The summed E-state index contributed by atoms with van der Waals surface area (Å²) in [5, 5.41) is 14.1. The van der Waals surface area contributed by atoms with Crippen molar-refractivity contribution in [2.45, 2.75) is 19.5 Å². The number of nitrogens with one attached hydrogen (secondary N) is 1. The summed E-state index contributed by atoms with van der Waals surface area (Å²) in [7, 11) is 0. The summed E-state index contributed by atoms with van der Waals surface area (Å²) in [5.74, 6) is -1.44. The molecule has 2 aromatic rings. The maximum Gasteiger partial charge on any atom is 0.335 e. The lowest BCUT2D eigenvalue weighted by Crippen LogP contribution is -2.18. The highest BCUT2D eigenvalue weighted by Gasteiger charge is 2.10. The number of thiophene rings is 1. The zero-order chi connectivity index (χ0) is 13.8. The van der Waals surface area contributed by atoms with Gasteiger partial charge >= 0.3 is 5.97 Å². The molecule has 0 fully saturated rings. The van der Waals surface area contributed by atoms with Crippen molar-refractivity contribution in [2.24, 2.45) is 0 Å². The van der Waals surface area contributed by atoms with E-state index < -0.39 is 11.8 Å². The van der Waals surface area contributed by atoms with E-state index in [1.165, 1.54) is 18.2 Å². The van der Waals surface area contributed by atoms with E-state index in [0.29, 0.717) is 12.1 Å². The maximum absolute atomic E-state index is 13.6. The third-order valence-corrected chi connectivity index (χ3v) is 3.92. The Labute approximate surface area is 114 Å². The van der Waals surface area contributed by atoms with Gasteiger partial charge in [-0.25, -0.2) is 9.18 Å². The summed E-state index contributed by atoms with van der Waals surface area (Å²) < 4.78 is 13.6. The van der Waals surface area contributed by atoms with Crippen LogP contribution in [0, 0.1) is 5.82 Å². The van der Waals surface area contributed by atoms with E-state index in [1.54, 1.807) is 11.3 Å². The molecule has 1 heterocycles. The van der Waals surface area contributed by atoms with Crippen LogP contribution in [0.2, 0.25) is 0 Å². The van der Waals surface area contributed by atoms with E-state index in [1.807, 2.05) is 24.4 Å². The normalized spacial score (nSPS) is 12.3. The Morgan fingerprint density at radius 2 is 2.26 bits per heavy atom. The smallest absolute Gasteiger partial charge is 0.335 e. The van der Waals surface area contributed by atoms with Crippen LogP contribution in [0.1, 0.15) is 33.8 Å². The van der Waals surface area contributed by atoms with E-state index in [-0.39, 0.29) is 11.6 Å². The molecule has 0 aliphatic rings. The fourth-order valence-electron chi connectivity index (χ4n) is 1.74. The van der Waals surface area contributed by atoms with Crippen molar-refractivity contribution in [3.05, 3.63) is 57.5 Å². The van der Waals surface area contributed by atoms with Gasteiger partial charge in [0.05, 0.1) is 5.56 Å². The third kappa shape index (κ3) is 3.39. The first-order valence-electron chi connectivity index (χ1n) is 5.86. The highest BCUT2D eigenvalue weighted by Crippen LogP contribution is 2.19. The van der Waals surface area contributed by atoms with Crippen molar-refractivity contribution >= 4 is 17.3 Å². The Hall–Kier alpha value is -1.72. The highest BCUT2D eigenvalue weighted by molar-refractivity contribution is 7.10. The lowest BCUT2D eigenvalue weighted by Gasteiger charge is -2.13. The van der Waals surface area contributed by atoms with Crippen molar-refractivity contribution in [3.63, 3.8) is 0 Å². The van der Waals surface area contributed by atoms with Gasteiger partial charge < -0.3 is 10.4 Å². The molecule has 1 aromatic heterocycles. The topological polar surface area (TPSA) is 49.3 Å². The minimum absolute atomic E-state index is 0.0991. The van der Waals surface area contributed by atoms with Crippen LogP contribution in [0.3, 0.4) is 0 Å². The maximum atomic E-state index is 13.6. The third-order valence-electron chi connectivity index (χ3n) is 2.86.